The van der Waals surface area contributed by atoms with E-state index in [4.69, 9.17) is 10.2 Å². The number of rotatable bonds is 4. The molecule has 0 aromatic heterocycles. The summed E-state index contributed by atoms with van der Waals surface area (Å²) in [6.07, 6.45) is 0.602. The van der Waals surface area contributed by atoms with Crippen LogP contribution in [0.4, 0.5) is 5.69 Å². The maximum atomic E-state index is 10.7. The Morgan fingerprint density at radius 3 is 2.19 bits per heavy atom. The van der Waals surface area contributed by atoms with Gasteiger partial charge in [-0.25, -0.2) is 9.59 Å². The lowest BCUT2D eigenvalue weighted by Crippen LogP contribution is -2.12. The number of hydrogen-bond acceptors (Lipinski definition) is 3. The molecule has 1 rings (SSSR count). The van der Waals surface area contributed by atoms with Gasteiger partial charge < -0.3 is 15.5 Å². The Labute approximate surface area is 99.5 Å². The number of nitrogens with one attached hydrogen (secondary N) is 1. The van der Waals surface area contributed by atoms with E-state index in [-0.39, 0.29) is 0 Å². The zero-order valence-corrected chi connectivity index (χ0v) is 9.56. The molecule has 0 fully saturated rings. The standard InChI is InChI=1S/C10H8BrNO4/c11-6-1-3-7(4-2-6)12-8(10(15)16)5-9(13)14/h1-5,12H,(H,13,14)(H,15,16). The molecular weight excluding hydrogens is 278 g/mol. The maximum Gasteiger partial charge on any atom is 0.352 e. The van der Waals surface area contributed by atoms with Gasteiger partial charge in [-0.05, 0) is 24.3 Å². The number of anilines is 1. The normalized spacial score (nSPS) is 10.9. The number of carboxylic acids is 2. The van der Waals surface area contributed by atoms with E-state index in [1.165, 1.54) is 0 Å². The van der Waals surface area contributed by atoms with E-state index in [1.54, 1.807) is 24.3 Å². The van der Waals surface area contributed by atoms with Gasteiger partial charge in [0.25, 0.3) is 0 Å². The van der Waals surface area contributed by atoms with Gasteiger partial charge in [-0.1, -0.05) is 15.9 Å². The lowest BCUT2D eigenvalue weighted by atomic mass is 10.3. The molecule has 0 saturated carbocycles. The molecule has 1 aromatic carbocycles. The van der Waals surface area contributed by atoms with E-state index in [9.17, 15) is 9.59 Å². The first-order valence-electron chi connectivity index (χ1n) is 4.19. The highest BCUT2D eigenvalue weighted by molar-refractivity contribution is 9.10. The van der Waals surface area contributed by atoms with Crippen LogP contribution in [0.3, 0.4) is 0 Å². The molecule has 84 valence electrons. The van der Waals surface area contributed by atoms with Crippen molar-refractivity contribution < 1.29 is 19.8 Å². The molecule has 0 radical (unpaired) electrons. The van der Waals surface area contributed by atoms with Gasteiger partial charge >= 0.3 is 11.9 Å². The van der Waals surface area contributed by atoms with Gasteiger partial charge in [0.05, 0.1) is 6.08 Å². The first-order chi connectivity index (χ1) is 7.49. The highest BCUT2D eigenvalue weighted by Gasteiger charge is 2.09. The molecule has 16 heavy (non-hydrogen) atoms. The summed E-state index contributed by atoms with van der Waals surface area (Å²) in [6.45, 7) is 0. The van der Waals surface area contributed by atoms with E-state index in [0.29, 0.717) is 11.8 Å². The average molecular weight is 286 g/mol. The number of benzene rings is 1. The molecule has 3 N–H and O–H groups in total. The van der Waals surface area contributed by atoms with Crippen LogP contribution in [-0.4, -0.2) is 22.2 Å². The molecule has 0 aliphatic carbocycles. The Balaban J connectivity index is 2.88. The Morgan fingerprint density at radius 1 is 1.19 bits per heavy atom. The van der Waals surface area contributed by atoms with Gasteiger partial charge in [0, 0.05) is 10.2 Å². The van der Waals surface area contributed by atoms with Gasteiger partial charge in [0.2, 0.25) is 0 Å². The molecule has 0 aliphatic rings. The van der Waals surface area contributed by atoms with Crippen LogP contribution in [0.1, 0.15) is 0 Å². The SMILES string of the molecule is O=C(O)C=C(Nc1ccc(Br)cc1)C(=O)O. The van der Waals surface area contributed by atoms with E-state index < -0.39 is 17.6 Å². The number of hydrogen-bond donors (Lipinski definition) is 3. The minimum Gasteiger partial charge on any atom is -0.478 e. The molecule has 0 unspecified atom stereocenters. The Bertz CT molecular complexity index is 439. The summed E-state index contributed by atoms with van der Waals surface area (Å²) in [4.78, 5) is 21.1. The van der Waals surface area contributed by atoms with E-state index in [0.717, 1.165) is 4.47 Å². The van der Waals surface area contributed by atoms with Crippen molar-refractivity contribution in [2.24, 2.45) is 0 Å². The minimum absolute atomic E-state index is 0.394. The quantitative estimate of drug-likeness (QED) is 0.736. The van der Waals surface area contributed by atoms with Crippen LogP contribution in [0, 0.1) is 0 Å². The Hall–Kier alpha value is -1.82. The molecule has 5 nitrogen and oxygen atoms in total. The number of aliphatic carboxylic acids is 2. The van der Waals surface area contributed by atoms with E-state index in [1.807, 2.05) is 0 Å². The lowest BCUT2D eigenvalue weighted by Gasteiger charge is -2.05. The van der Waals surface area contributed by atoms with Gasteiger partial charge in [-0.3, -0.25) is 0 Å². The van der Waals surface area contributed by atoms with Crippen molar-refractivity contribution in [1.82, 2.24) is 0 Å². The van der Waals surface area contributed by atoms with Crippen molar-refractivity contribution in [3.05, 3.63) is 40.5 Å². The molecular formula is C10H8BrNO4. The third-order valence-corrected chi connectivity index (χ3v) is 2.15. The third-order valence-electron chi connectivity index (χ3n) is 1.62. The van der Waals surface area contributed by atoms with Crippen LogP contribution in [-0.2, 0) is 9.59 Å². The molecule has 0 aliphatic heterocycles. The zero-order chi connectivity index (χ0) is 12.1. The van der Waals surface area contributed by atoms with Crippen LogP contribution in [0.2, 0.25) is 0 Å². The van der Waals surface area contributed by atoms with Crippen LogP contribution in [0.15, 0.2) is 40.5 Å². The first-order valence-corrected chi connectivity index (χ1v) is 4.99. The third kappa shape index (κ3) is 3.74. The average Bonchev–Trinajstić information content (AvgIpc) is 2.19. The molecule has 6 heteroatoms. The summed E-state index contributed by atoms with van der Waals surface area (Å²) < 4.78 is 0.845. The number of halogens is 1. The largest absolute Gasteiger partial charge is 0.478 e. The summed E-state index contributed by atoms with van der Waals surface area (Å²) in [5.41, 5.74) is 0.105. The van der Waals surface area contributed by atoms with Gasteiger partial charge in [-0.2, -0.15) is 0 Å². The van der Waals surface area contributed by atoms with Crippen LogP contribution < -0.4 is 5.32 Å². The zero-order valence-electron chi connectivity index (χ0n) is 7.98. The van der Waals surface area contributed by atoms with Crippen LogP contribution in [0.25, 0.3) is 0 Å². The van der Waals surface area contributed by atoms with Crippen molar-refractivity contribution in [1.29, 1.82) is 0 Å². The second-order valence-electron chi connectivity index (χ2n) is 2.83. The smallest absolute Gasteiger partial charge is 0.352 e. The molecule has 0 saturated heterocycles. The van der Waals surface area contributed by atoms with Crippen molar-refractivity contribution in [2.45, 2.75) is 0 Å². The van der Waals surface area contributed by atoms with Gasteiger partial charge in [0.1, 0.15) is 5.70 Å². The predicted octanol–water partition coefficient (Wildman–Crippen LogP) is 1.91. The van der Waals surface area contributed by atoms with Crippen LogP contribution >= 0.6 is 15.9 Å². The van der Waals surface area contributed by atoms with Crippen molar-refractivity contribution in [2.75, 3.05) is 5.32 Å². The summed E-state index contributed by atoms with van der Waals surface area (Å²) in [6, 6.07) is 6.68. The van der Waals surface area contributed by atoms with Crippen LogP contribution in [0.5, 0.6) is 0 Å². The topological polar surface area (TPSA) is 86.6 Å². The highest BCUT2D eigenvalue weighted by Crippen LogP contribution is 2.15. The number of carboxylic acid groups (broad SMARTS) is 2. The molecule has 0 atom stereocenters. The fraction of sp³-hybridized carbons (Fsp3) is 0. The predicted molar refractivity (Wildman–Crippen MR) is 61.1 cm³/mol. The maximum absolute atomic E-state index is 10.7. The summed E-state index contributed by atoms with van der Waals surface area (Å²) >= 11 is 3.23. The minimum atomic E-state index is -1.33. The second-order valence-corrected chi connectivity index (χ2v) is 3.75. The lowest BCUT2D eigenvalue weighted by molar-refractivity contribution is -0.134. The second kappa shape index (κ2) is 5.32. The molecule has 0 spiro atoms. The molecule has 0 heterocycles. The van der Waals surface area contributed by atoms with Gasteiger partial charge in [-0.15, -0.1) is 0 Å². The molecule has 0 bridgehead atoms. The van der Waals surface area contributed by atoms with Crippen molar-refractivity contribution in [3.8, 4) is 0 Å². The first kappa shape index (κ1) is 12.3. The Kier molecular flexibility index (Phi) is 4.07. The monoisotopic (exact) mass is 285 g/mol. The summed E-state index contributed by atoms with van der Waals surface area (Å²) in [5, 5.41) is 19.7. The summed E-state index contributed by atoms with van der Waals surface area (Å²) in [7, 11) is 0. The highest BCUT2D eigenvalue weighted by atomic mass is 79.9. The van der Waals surface area contributed by atoms with Crippen molar-refractivity contribution >= 4 is 33.6 Å². The fourth-order valence-corrected chi connectivity index (χ4v) is 1.23. The summed E-state index contributed by atoms with van der Waals surface area (Å²) in [5.74, 6) is -2.65. The molecule has 0 amide bonds. The van der Waals surface area contributed by atoms with E-state index in [2.05, 4.69) is 21.2 Å². The van der Waals surface area contributed by atoms with Gasteiger partial charge in [0.15, 0.2) is 0 Å². The molecule has 1 aromatic rings. The number of carbonyl (C=O) groups is 2. The van der Waals surface area contributed by atoms with Crippen molar-refractivity contribution in [3.63, 3.8) is 0 Å². The fourth-order valence-electron chi connectivity index (χ4n) is 0.963. The van der Waals surface area contributed by atoms with E-state index >= 15 is 0 Å². The Morgan fingerprint density at radius 2 is 1.75 bits per heavy atom.